The molecule has 0 aromatic heterocycles. The van der Waals surface area contributed by atoms with E-state index >= 15 is 0 Å². The lowest BCUT2D eigenvalue weighted by Crippen LogP contribution is -2.41. The number of halogens is 4. The first-order chi connectivity index (χ1) is 13.0. The zero-order chi connectivity index (χ0) is 20.9. The standard InChI is InChI=1S/C18H24F4N2O3S/c1-24(28(26,27)16-9-7-14(19)8-10-16)11-3-6-17(25)23-15-5-2-4-13(12-15)18(20,21)22/h7-10,13,15H,2-6,11-12H2,1H3,(H,23,25). The van der Waals surface area contributed by atoms with Gasteiger partial charge in [-0.1, -0.05) is 6.42 Å². The van der Waals surface area contributed by atoms with E-state index in [0.717, 1.165) is 28.6 Å². The summed E-state index contributed by atoms with van der Waals surface area (Å²) in [7, 11) is -2.44. The van der Waals surface area contributed by atoms with E-state index in [9.17, 15) is 30.8 Å². The van der Waals surface area contributed by atoms with E-state index in [4.69, 9.17) is 0 Å². The van der Waals surface area contributed by atoms with Gasteiger partial charge in [0.2, 0.25) is 15.9 Å². The molecule has 1 saturated carbocycles. The molecule has 1 amide bonds. The molecule has 0 aliphatic heterocycles. The minimum Gasteiger partial charge on any atom is -0.353 e. The Morgan fingerprint density at radius 2 is 1.86 bits per heavy atom. The average Bonchev–Trinajstić information content (AvgIpc) is 2.61. The fourth-order valence-corrected chi connectivity index (χ4v) is 4.50. The monoisotopic (exact) mass is 424 g/mol. The van der Waals surface area contributed by atoms with E-state index in [-0.39, 0.29) is 43.0 Å². The average molecular weight is 424 g/mol. The van der Waals surface area contributed by atoms with Gasteiger partial charge < -0.3 is 5.32 Å². The van der Waals surface area contributed by atoms with Crippen LogP contribution >= 0.6 is 0 Å². The van der Waals surface area contributed by atoms with Crippen LogP contribution < -0.4 is 5.32 Å². The maximum atomic E-state index is 12.9. The van der Waals surface area contributed by atoms with E-state index in [1.165, 1.54) is 7.05 Å². The highest BCUT2D eigenvalue weighted by molar-refractivity contribution is 7.89. The summed E-state index contributed by atoms with van der Waals surface area (Å²) in [6, 6.07) is 3.91. The molecule has 5 nitrogen and oxygen atoms in total. The van der Waals surface area contributed by atoms with Crippen LogP contribution in [-0.4, -0.2) is 44.4 Å². The van der Waals surface area contributed by atoms with Crippen LogP contribution in [0.2, 0.25) is 0 Å². The highest BCUT2D eigenvalue weighted by Gasteiger charge is 2.42. The Hall–Kier alpha value is -1.68. The van der Waals surface area contributed by atoms with Crippen molar-refractivity contribution in [3.8, 4) is 0 Å². The van der Waals surface area contributed by atoms with E-state index < -0.39 is 34.0 Å². The van der Waals surface area contributed by atoms with Crippen molar-refractivity contribution in [2.24, 2.45) is 5.92 Å². The number of carbonyl (C=O) groups excluding carboxylic acids is 1. The normalized spacial score (nSPS) is 20.9. The van der Waals surface area contributed by atoms with Crippen molar-refractivity contribution in [3.63, 3.8) is 0 Å². The fraction of sp³-hybridized carbons (Fsp3) is 0.611. The minimum atomic E-state index is -4.25. The molecule has 0 spiro atoms. The Labute approximate surface area is 162 Å². The summed E-state index contributed by atoms with van der Waals surface area (Å²) >= 11 is 0. The lowest BCUT2D eigenvalue weighted by atomic mass is 9.85. The van der Waals surface area contributed by atoms with Crippen LogP contribution in [0.1, 0.15) is 38.5 Å². The van der Waals surface area contributed by atoms with Gasteiger partial charge in [0.05, 0.1) is 10.8 Å². The Balaban J connectivity index is 1.79. The Bertz CT molecular complexity index is 766. The number of hydrogen-bond donors (Lipinski definition) is 1. The second-order valence-electron chi connectivity index (χ2n) is 7.05. The highest BCUT2D eigenvalue weighted by atomic mass is 32.2. The maximum Gasteiger partial charge on any atom is 0.391 e. The topological polar surface area (TPSA) is 66.5 Å². The first-order valence-corrected chi connectivity index (χ1v) is 10.5. The van der Waals surface area contributed by atoms with Gasteiger partial charge >= 0.3 is 6.18 Å². The fourth-order valence-electron chi connectivity index (χ4n) is 3.29. The van der Waals surface area contributed by atoms with Crippen molar-refractivity contribution in [2.45, 2.75) is 55.6 Å². The molecule has 1 fully saturated rings. The predicted molar refractivity (Wildman–Crippen MR) is 95.4 cm³/mol. The third kappa shape index (κ3) is 6.16. The molecular formula is C18H24F4N2O3S. The summed E-state index contributed by atoms with van der Waals surface area (Å²) < 4.78 is 77.2. The molecule has 158 valence electrons. The molecule has 0 bridgehead atoms. The number of amides is 1. The first-order valence-electron chi connectivity index (χ1n) is 9.08. The summed E-state index contributed by atoms with van der Waals surface area (Å²) in [4.78, 5) is 11.9. The summed E-state index contributed by atoms with van der Waals surface area (Å²) in [5.41, 5.74) is 0. The molecular weight excluding hydrogens is 400 g/mol. The smallest absolute Gasteiger partial charge is 0.353 e. The van der Waals surface area contributed by atoms with Gasteiger partial charge in [-0.15, -0.1) is 0 Å². The van der Waals surface area contributed by atoms with Gasteiger partial charge in [0.25, 0.3) is 0 Å². The second kappa shape index (κ2) is 9.21. The largest absolute Gasteiger partial charge is 0.391 e. The van der Waals surface area contributed by atoms with Crippen molar-refractivity contribution in [3.05, 3.63) is 30.1 Å². The van der Waals surface area contributed by atoms with Gasteiger partial charge in [0.15, 0.2) is 0 Å². The second-order valence-corrected chi connectivity index (χ2v) is 9.10. The van der Waals surface area contributed by atoms with Crippen molar-refractivity contribution < 1.29 is 30.8 Å². The van der Waals surface area contributed by atoms with E-state index in [0.29, 0.717) is 12.8 Å². The van der Waals surface area contributed by atoms with E-state index in [1.807, 2.05) is 0 Å². The SMILES string of the molecule is CN(CCCC(=O)NC1CCCC(C(F)(F)F)C1)S(=O)(=O)c1ccc(F)cc1. The van der Waals surface area contributed by atoms with Gasteiger partial charge in [0.1, 0.15) is 5.82 Å². The quantitative estimate of drug-likeness (QED) is 0.682. The molecule has 2 atom stereocenters. The number of nitrogens with zero attached hydrogens (tertiary/aromatic N) is 1. The lowest BCUT2D eigenvalue weighted by molar-refractivity contribution is -0.184. The summed E-state index contributed by atoms with van der Waals surface area (Å²) in [6.45, 7) is 0.0585. The molecule has 1 aliphatic carbocycles. The molecule has 2 unspecified atom stereocenters. The van der Waals surface area contributed by atoms with Gasteiger partial charge in [-0.3, -0.25) is 4.79 Å². The molecule has 0 radical (unpaired) electrons. The van der Waals surface area contributed by atoms with E-state index in [1.54, 1.807) is 0 Å². The maximum absolute atomic E-state index is 12.9. The number of benzene rings is 1. The van der Waals surface area contributed by atoms with Crippen LogP contribution in [0.15, 0.2) is 29.2 Å². The number of carbonyl (C=O) groups is 1. The van der Waals surface area contributed by atoms with E-state index in [2.05, 4.69) is 5.32 Å². The van der Waals surface area contributed by atoms with Crippen molar-refractivity contribution in [2.75, 3.05) is 13.6 Å². The predicted octanol–water partition coefficient (Wildman–Crippen LogP) is 3.46. The van der Waals surface area contributed by atoms with Crippen molar-refractivity contribution in [1.29, 1.82) is 0 Å². The third-order valence-corrected chi connectivity index (χ3v) is 6.77. The van der Waals surface area contributed by atoms with Crippen LogP contribution in [-0.2, 0) is 14.8 Å². The number of alkyl halides is 3. The summed E-state index contributed by atoms with van der Waals surface area (Å²) in [5, 5.41) is 2.62. The van der Waals surface area contributed by atoms with Crippen LogP contribution in [0.3, 0.4) is 0 Å². The number of sulfonamides is 1. The molecule has 0 saturated heterocycles. The molecule has 10 heteroatoms. The van der Waals surface area contributed by atoms with Crippen molar-refractivity contribution in [1.82, 2.24) is 9.62 Å². The molecule has 1 aromatic carbocycles. The zero-order valence-corrected chi connectivity index (χ0v) is 16.3. The summed E-state index contributed by atoms with van der Waals surface area (Å²) in [6.07, 6.45) is -3.13. The van der Waals surface area contributed by atoms with Gasteiger partial charge in [-0.05, 0) is 49.9 Å². The Kier molecular flexibility index (Phi) is 7.44. The summed E-state index contributed by atoms with van der Waals surface area (Å²) in [5.74, 6) is -2.33. The molecule has 1 aromatic rings. The number of rotatable bonds is 7. The van der Waals surface area contributed by atoms with Crippen LogP contribution in [0.4, 0.5) is 17.6 Å². The Morgan fingerprint density at radius 1 is 1.21 bits per heavy atom. The van der Waals surface area contributed by atoms with Gasteiger partial charge in [0, 0.05) is 26.1 Å². The third-order valence-electron chi connectivity index (χ3n) is 4.90. The molecule has 28 heavy (non-hydrogen) atoms. The lowest BCUT2D eigenvalue weighted by Gasteiger charge is -2.31. The van der Waals surface area contributed by atoms with Crippen LogP contribution in [0.25, 0.3) is 0 Å². The Morgan fingerprint density at radius 3 is 2.46 bits per heavy atom. The molecule has 1 N–H and O–H groups in total. The molecule has 2 rings (SSSR count). The number of nitrogens with one attached hydrogen (secondary N) is 1. The first kappa shape index (κ1) is 22.6. The van der Waals surface area contributed by atoms with Gasteiger partial charge in [-0.25, -0.2) is 17.1 Å². The highest BCUT2D eigenvalue weighted by Crippen LogP contribution is 2.37. The van der Waals surface area contributed by atoms with Crippen LogP contribution in [0, 0.1) is 11.7 Å². The minimum absolute atomic E-state index is 0.0104. The van der Waals surface area contributed by atoms with Crippen LogP contribution in [0.5, 0.6) is 0 Å². The zero-order valence-electron chi connectivity index (χ0n) is 15.5. The molecule has 0 heterocycles. The van der Waals surface area contributed by atoms with Crippen molar-refractivity contribution >= 4 is 15.9 Å². The number of hydrogen-bond acceptors (Lipinski definition) is 3. The van der Waals surface area contributed by atoms with Gasteiger partial charge in [-0.2, -0.15) is 13.2 Å². The molecule has 1 aliphatic rings.